The number of nitrogens with zero attached hydrogens (tertiary/aromatic N) is 3. The highest BCUT2D eigenvalue weighted by atomic mass is 16.5. The molecule has 1 atom stereocenters. The predicted octanol–water partition coefficient (Wildman–Crippen LogP) is 2.70. The normalized spacial score (nSPS) is 12.3. The molecule has 2 heterocycles. The van der Waals surface area contributed by atoms with E-state index in [0.29, 0.717) is 24.4 Å². The highest BCUT2D eigenvalue weighted by molar-refractivity contribution is 5.92. The van der Waals surface area contributed by atoms with Gasteiger partial charge < -0.3 is 9.84 Å². The minimum absolute atomic E-state index is 0.0545. The fraction of sp³-hybridized carbons (Fsp3) is 0.350. The van der Waals surface area contributed by atoms with Crippen LogP contribution in [0.1, 0.15) is 40.1 Å². The third-order valence-corrected chi connectivity index (χ3v) is 4.16. The molecule has 0 radical (unpaired) electrons. The molecule has 0 spiro atoms. The van der Waals surface area contributed by atoms with Crippen molar-refractivity contribution in [3.05, 3.63) is 70.9 Å². The number of hydrogen-bond donors (Lipinski definition) is 2. The molecule has 1 amide bonds. The summed E-state index contributed by atoms with van der Waals surface area (Å²) in [6.07, 6.45) is 0.653. The van der Waals surface area contributed by atoms with E-state index in [-0.39, 0.29) is 11.9 Å². The molecule has 7 heteroatoms. The fourth-order valence-corrected chi connectivity index (χ4v) is 2.95. The van der Waals surface area contributed by atoms with Gasteiger partial charge >= 0.3 is 0 Å². The molecular formula is C20H25N5O2. The summed E-state index contributed by atoms with van der Waals surface area (Å²) in [7, 11) is 2.00. The van der Waals surface area contributed by atoms with Gasteiger partial charge in [-0.05, 0) is 32.5 Å². The summed E-state index contributed by atoms with van der Waals surface area (Å²) in [5.74, 6) is 0.421. The Morgan fingerprint density at radius 2 is 2.04 bits per heavy atom. The molecule has 7 nitrogen and oxygen atoms in total. The summed E-state index contributed by atoms with van der Waals surface area (Å²) >= 11 is 0. The van der Waals surface area contributed by atoms with Crippen molar-refractivity contribution in [1.29, 1.82) is 0 Å². The zero-order valence-corrected chi connectivity index (χ0v) is 15.9. The van der Waals surface area contributed by atoms with Crippen LogP contribution in [0, 0.1) is 6.92 Å². The molecule has 2 aromatic heterocycles. The zero-order chi connectivity index (χ0) is 19.2. The summed E-state index contributed by atoms with van der Waals surface area (Å²) in [4.78, 5) is 14.5. The first-order valence-corrected chi connectivity index (χ1v) is 8.99. The summed E-state index contributed by atoms with van der Waals surface area (Å²) in [6, 6.07) is 13.8. The highest BCUT2D eigenvalue weighted by Gasteiger charge is 2.16. The van der Waals surface area contributed by atoms with Gasteiger partial charge in [-0.2, -0.15) is 5.10 Å². The van der Waals surface area contributed by atoms with Crippen molar-refractivity contribution >= 4 is 5.91 Å². The van der Waals surface area contributed by atoms with Crippen LogP contribution in [0.2, 0.25) is 0 Å². The largest absolute Gasteiger partial charge is 0.359 e. The number of benzene rings is 1. The van der Waals surface area contributed by atoms with Gasteiger partial charge in [-0.15, -0.1) is 0 Å². The molecule has 0 saturated carbocycles. The standard InChI is InChI=1S/C20H25N5O2/c1-14(9-17-10-15(2)22-23-17)21-20(26)19-11-18(27-24-19)13-25(3)12-16-7-5-4-6-8-16/h4-8,10-11,14H,9,12-13H2,1-3H3,(H,21,26)(H,22,23). The molecule has 1 unspecified atom stereocenters. The van der Waals surface area contributed by atoms with E-state index < -0.39 is 0 Å². The van der Waals surface area contributed by atoms with Gasteiger partial charge in [0.25, 0.3) is 5.91 Å². The van der Waals surface area contributed by atoms with Crippen LogP contribution in [0.5, 0.6) is 0 Å². The lowest BCUT2D eigenvalue weighted by Gasteiger charge is -2.14. The van der Waals surface area contributed by atoms with E-state index in [9.17, 15) is 4.79 Å². The maximum Gasteiger partial charge on any atom is 0.273 e. The molecule has 27 heavy (non-hydrogen) atoms. The second-order valence-electron chi connectivity index (χ2n) is 6.96. The average molecular weight is 367 g/mol. The van der Waals surface area contributed by atoms with Crippen LogP contribution in [-0.2, 0) is 19.5 Å². The SMILES string of the molecule is Cc1cc(CC(C)NC(=O)c2cc(CN(C)Cc3ccccc3)on2)n[nH]1. The fourth-order valence-electron chi connectivity index (χ4n) is 2.95. The second-order valence-corrected chi connectivity index (χ2v) is 6.96. The summed E-state index contributed by atoms with van der Waals surface area (Å²) < 4.78 is 5.33. The van der Waals surface area contributed by atoms with E-state index >= 15 is 0 Å². The number of amides is 1. The van der Waals surface area contributed by atoms with E-state index in [1.54, 1.807) is 6.07 Å². The quantitative estimate of drug-likeness (QED) is 0.639. The topological polar surface area (TPSA) is 87.1 Å². The van der Waals surface area contributed by atoms with Gasteiger partial charge in [0.15, 0.2) is 11.5 Å². The minimum Gasteiger partial charge on any atom is -0.359 e. The molecule has 3 rings (SSSR count). The maximum absolute atomic E-state index is 12.4. The number of aryl methyl sites for hydroxylation is 1. The van der Waals surface area contributed by atoms with Crippen molar-refractivity contribution in [3.63, 3.8) is 0 Å². The van der Waals surface area contributed by atoms with Crippen molar-refractivity contribution in [2.45, 2.75) is 39.4 Å². The monoisotopic (exact) mass is 367 g/mol. The summed E-state index contributed by atoms with van der Waals surface area (Å²) in [5.41, 5.74) is 3.44. The van der Waals surface area contributed by atoms with Gasteiger partial charge in [-0.3, -0.25) is 14.8 Å². The van der Waals surface area contributed by atoms with Crippen molar-refractivity contribution < 1.29 is 9.32 Å². The minimum atomic E-state index is -0.240. The van der Waals surface area contributed by atoms with Crippen LogP contribution in [0.15, 0.2) is 47.0 Å². The second kappa shape index (κ2) is 8.64. The lowest BCUT2D eigenvalue weighted by Crippen LogP contribution is -2.34. The van der Waals surface area contributed by atoms with Gasteiger partial charge in [-0.25, -0.2) is 0 Å². The maximum atomic E-state index is 12.4. The van der Waals surface area contributed by atoms with Crippen LogP contribution < -0.4 is 5.32 Å². The molecule has 0 aliphatic carbocycles. The van der Waals surface area contributed by atoms with Crippen LogP contribution in [0.4, 0.5) is 0 Å². The van der Waals surface area contributed by atoms with Gasteiger partial charge in [-0.1, -0.05) is 35.5 Å². The van der Waals surface area contributed by atoms with Gasteiger partial charge in [0, 0.05) is 30.8 Å². The van der Waals surface area contributed by atoms with Gasteiger partial charge in [0.05, 0.1) is 12.2 Å². The van der Waals surface area contributed by atoms with E-state index in [0.717, 1.165) is 17.9 Å². The molecular weight excluding hydrogens is 342 g/mol. The van der Waals surface area contributed by atoms with Crippen molar-refractivity contribution in [1.82, 2.24) is 25.6 Å². The number of rotatable bonds is 8. The number of nitrogens with one attached hydrogen (secondary N) is 2. The number of hydrogen-bond acceptors (Lipinski definition) is 5. The van der Waals surface area contributed by atoms with E-state index in [2.05, 4.69) is 37.7 Å². The van der Waals surface area contributed by atoms with E-state index in [1.807, 2.05) is 45.2 Å². The highest BCUT2D eigenvalue weighted by Crippen LogP contribution is 2.10. The van der Waals surface area contributed by atoms with Crippen LogP contribution >= 0.6 is 0 Å². The molecule has 0 aliphatic rings. The van der Waals surface area contributed by atoms with Crippen molar-refractivity contribution in [2.75, 3.05) is 7.05 Å². The smallest absolute Gasteiger partial charge is 0.273 e. The Kier molecular flexibility index (Phi) is 6.03. The van der Waals surface area contributed by atoms with E-state index in [4.69, 9.17) is 4.52 Å². The lowest BCUT2D eigenvalue weighted by molar-refractivity contribution is 0.0930. The Hall–Kier alpha value is -2.93. The van der Waals surface area contributed by atoms with Gasteiger partial charge in [0.2, 0.25) is 0 Å². The number of H-pyrrole nitrogens is 1. The average Bonchev–Trinajstić information content (AvgIpc) is 3.24. The summed E-state index contributed by atoms with van der Waals surface area (Å²) in [5, 5.41) is 13.9. The molecule has 0 fully saturated rings. The molecule has 2 N–H and O–H groups in total. The first-order chi connectivity index (χ1) is 13.0. The van der Waals surface area contributed by atoms with Crippen LogP contribution in [-0.4, -0.2) is 39.3 Å². The third-order valence-electron chi connectivity index (χ3n) is 4.16. The van der Waals surface area contributed by atoms with Crippen molar-refractivity contribution in [3.8, 4) is 0 Å². The first-order valence-electron chi connectivity index (χ1n) is 8.99. The molecule has 0 bridgehead atoms. The molecule has 142 valence electrons. The Balaban J connectivity index is 1.51. The Morgan fingerprint density at radius 1 is 1.26 bits per heavy atom. The molecule has 3 aromatic rings. The number of carbonyl (C=O) groups excluding carboxylic acids is 1. The Bertz CT molecular complexity index is 871. The Morgan fingerprint density at radius 3 is 2.74 bits per heavy atom. The van der Waals surface area contributed by atoms with Gasteiger partial charge in [0.1, 0.15) is 0 Å². The summed E-state index contributed by atoms with van der Waals surface area (Å²) in [6.45, 7) is 5.27. The predicted molar refractivity (Wildman–Crippen MR) is 102 cm³/mol. The van der Waals surface area contributed by atoms with Crippen molar-refractivity contribution in [2.24, 2.45) is 0 Å². The number of aromatic amines is 1. The first kappa shape index (κ1) is 18.8. The molecule has 0 saturated heterocycles. The third kappa shape index (κ3) is 5.52. The molecule has 1 aromatic carbocycles. The van der Waals surface area contributed by atoms with Crippen LogP contribution in [0.25, 0.3) is 0 Å². The number of aromatic nitrogens is 3. The molecule has 0 aliphatic heterocycles. The number of carbonyl (C=O) groups is 1. The lowest BCUT2D eigenvalue weighted by atomic mass is 10.1. The van der Waals surface area contributed by atoms with E-state index in [1.165, 1.54) is 5.56 Å². The Labute approximate surface area is 158 Å². The zero-order valence-electron chi connectivity index (χ0n) is 15.9. The van der Waals surface area contributed by atoms with Crippen LogP contribution in [0.3, 0.4) is 0 Å².